The molecule has 0 atom stereocenters. The largest absolute Gasteiger partial charge is 0.390 e. The Morgan fingerprint density at radius 2 is 1.85 bits per heavy atom. The van der Waals surface area contributed by atoms with E-state index in [0.717, 1.165) is 42.5 Å². The van der Waals surface area contributed by atoms with Gasteiger partial charge >= 0.3 is 0 Å². The molecule has 0 amide bonds. The lowest BCUT2D eigenvalue weighted by Crippen LogP contribution is -2.39. The lowest BCUT2D eigenvalue weighted by Gasteiger charge is -2.37. The first kappa shape index (κ1) is 27.8. The minimum atomic E-state index is -0.472. The maximum atomic E-state index is 13.9. The summed E-state index contributed by atoms with van der Waals surface area (Å²) in [6.45, 7) is 7.68. The van der Waals surface area contributed by atoms with Crippen molar-refractivity contribution in [3.63, 3.8) is 0 Å². The first-order valence-electron chi connectivity index (χ1n) is 13.0. The standard InChI is InChI=1S/C30H33FN6O2/c1-18-15-20(31)9-13-23(18)26(35-39-30(2,3)4)19-7-11-22(12-8-19)36(5)28-24(17-33)29(38)37(6)25-14-10-21(16-32)34-27(25)28/h9-10,13-15,19,22H,7-8,11-12H2,1-6H3/b35-26-. The smallest absolute Gasteiger partial charge is 0.270 e. The van der Waals surface area contributed by atoms with Crippen LogP contribution in [0.15, 0.2) is 40.3 Å². The van der Waals surface area contributed by atoms with Crippen LogP contribution in [-0.4, -0.2) is 34.0 Å². The van der Waals surface area contributed by atoms with Crippen LogP contribution in [-0.2, 0) is 11.9 Å². The molecule has 2 heterocycles. The molecule has 1 aliphatic rings. The van der Waals surface area contributed by atoms with Gasteiger partial charge in [0.05, 0.1) is 16.9 Å². The van der Waals surface area contributed by atoms with Gasteiger partial charge in [0, 0.05) is 31.6 Å². The van der Waals surface area contributed by atoms with E-state index in [0.29, 0.717) is 16.7 Å². The number of aromatic nitrogens is 2. The Morgan fingerprint density at radius 3 is 2.44 bits per heavy atom. The molecule has 202 valence electrons. The summed E-state index contributed by atoms with van der Waals surface area (Å²) in [6.07, 6.45) is 3.13. The van der Waals surface area contributed by atoms with Gasteiger partial charge in [-0.3, -0.25) is 4.79 Å². The van der Waals surface area contributed by atoms with Crippen molar-refractivity contribution in [2.75, 3.05) is 11.9 Å². The summed E-state index contributed by atoms with van der Waals surface area (Å²) in [5.74, 6) is -0.194. The van der Waals surface area contributed by atoms with E-state index >= 15 is 0 Å². The summed E-state index contributed by atoms with van der Waals surface area (Å²) in [7, 11) is 3.48. The molecule has 1 aliphatic carbocycles. The molecular weight excluding hydrogens is 495 g/mol. The number of nitriles is 2. The molecule has 0 N–H and O–H groups in total. The molecule has 0 aliphatic heterocycles. The van der Waals surface area contributed by atoms with Crippen molar-refractivity contribution < 1.29 is 9.23 Å². The van der Waals surface area contributed by atoms with Crippen molar-refractivity contribution >= 4 is 22.4 Å². The van der Waals surface area contributed by atoms with Crippen LogP contribution < -0.4 is 10.5 Å². The average molecular weight is 529 g/mol. The number of oxime groups is 1. The van der Waals surface area contributed by atoms with Crippen LogP contribution in [0.2, 0.25) is 0 Å². The van der Waals surface area contributed by atoms with E-state index in [1.54, 1.807) is 25.2 Å². The second-order valence-electron chi connectivity index (χ2n) is 11.1. The maximum absolute atomic E-state index is 13.9. The number of halogens is 1. The number of hydrogen-bond acceptors (Lipinski definition) is 7. The van der Waals surface area contributed by atoms with Crippen LogP contribution in [0.5, 0.6) is 0 Å². The Morgan fingerprint density at radius 1 is 1.15 bits per heavy atom. The predicted octanol–water partition coefficient (Wildman–Crippen LogP) is 5.34. The summed E-state index contributed by atoms with van der Waals surface area (Å²) < 4.78 is 15.3. The molecule has 0 radical (unpaired) electrons. The van der Waals surface area contributed by atoms with Gasteiger partial charge in [-0.15, -0.1) is 0 Å². The molecule has 1 saturated carbocycles. The minimum Gasteiger partial charge on any atom is -0.390 e. The van der Waals surface area contributed by atoms with Crippen LogP contribution in [0.25, 0.3) is 11.0 Å². The number of hydrogen-bond donors (Lipinski definition) is 0. The van der Waals surface area contributed by atoms with Crippen LogP contribution in [0.1, 0.15) is 68.8 Å². The van der Waals surface area contributed by atoms with Gasteiger partial charge in [0.15, 0.2) is 0 Å². The highest BCUT2D eigenvalue weighted by Gasteiger charge is 2.32. The van der Waals surface area contributed by atoms with E-state index in [4.69, 9.17) is 4.84 Å². The molecular formula is C30H33FN6O2. The first-order valence-corrected chi connectivity index (χ1v) is 13.0. The van der Waals surface area contributed by atoms with Crippen molar-refractivity contribution in [1.29, 1.82) is 10.5 Å². The molecule has 4 rings (SSSR count). The molecule has 0 spiro atoms. The van der Waals surface area contributed by atoms with Gasteiger partial charge in [0.25, 0.3) is 5.56 Å². The molecule has 0 unspecified atom stereocenters. The van der Waals surface area contributed by atoms with Crippen LogP contribution >= 0.6 is 0 Å². The van der Waals surface area contributed by atoms with E-state index in [9.17, 15) is 19.7 Å². The van der Waals surface area contributed by atoms with E-state index < -0.39 is 11.2 Å². The SMILES string of the molecule is Cc1cc(F)ccc1/C(=N\OC(C)(C)C)C1CCC(N(C)c2c(C#N)c(=O)n(C)c3ccc(C#N)nc23)CC1. The number of pyridine rings is 2. The predicted molar refractivity (Wildman–Crippen MR) is 149 cm³/mol. The minimum absolute atomic E-state index is 0.0139. The van der Waals surface area contributed by atoms with Gasteiger partial charge < -0.3 is 14.3 Å². The average Bonchev–Trinajstić information content (AvgIpc) is 2.90. The lowest BCUT2D eigenvalue weighted by molar-refractivity contribution is -0.0000389. The monoisotopic (exact) mass is 528 g/mol. The zero-order valence-electron chi connectivity index (χ0n) is 23.2. The lowest BCUT2D eigenvalue weighted by atomic mass is 9.79. The van der Waals surface area contributed by atoms with Crippen molar-refractivity contribution in [1.82, 2.24) is 9.55 Å². The first-order chi connectivity index (χ1) is 18.4. The summed E-state index contributed by atoms with van der Waals surface area (Å²) in [4.78, 5) is 25.3. The van der Waals surface area contributed by atoms with Gasteiger partial charge in [-0.2, -0.15) is 10.5 Å². The Labute approximate surface area is 227 Å². The van der Waals surface area contributed by atoms with Crippen molar-refractivity contribution in [3.8, 4) is 12.1 Å². The zero-order chi connectivity index (χ0) is 28.5. The summed E-state index contributed by atoms with van der Waals surface area (Å²) >= 11 is 0. The Balaban J connectivity index is 1.67. The van der Waals surface area contributed by atoms with Crippen LogP contribution in [0, 0.1) is 41.3 Å². The van der Waals surface area contributed by atoms with Crippen LogP contribution in [0.4, 0.5) is 10.1 Å². The normalized spacial score (nSPS) is 17.9. The van der Waals surface area contributed by atoms with Crippen molar-refractivity contribution in [3.05, 3.63) is 68.9 Å². The fraction of sp³-hybridized carbons (Fsp3) is 0.433. The fourth-order valence-electron chi connectivity index (χ4n) is 5.26. The summed E-state index contributed by atoms with van der Waals surface area (Å²) in [5.41, 5.74) is 3.32. The van der Waals surface area contributed by atoms with E-state index in [-0.39, 0.29) is 29.0 Å². The van der Waals surface area contributed by atoms with E-state index in [2.05, 4.69) is 22.3 Å². The van der Waals surface area contributed by atoms with E-state index in [1.807, 2.05) is 39.6 Å². The number of anilines is 1. The van der Waals surface area contributed by atoms with Gasteiger partial charge in [-0.05, 0) is 89.3 Å². The van der Waals surface area contributed by atoms with Gasteiger partial charge in [0.2, 0.25) is 0 Å². The molecule has 1 aromatic carbocycles. The Bertz CT molecular complexity index is 1580. The van der Waals surface area contributed by atoms with Gasteiger partial charge in [-0.25, -0.2) is 9.37 Å². The second-order valence-corrected chi connectivity index (χ2v) is 11.1. The summed E-state index contributed by atoms with van der Waals surface area (Å²) in [6, 6.07) is 12.2. The molecule has 0 saturated heterocycles. The fourth-order valence-corrected chi connectivity index (χ4v) is 5.26. The van der Waals surface area contributed by atoms with Gasteiger partial charge in [-0.1, -0.05) is 5.16 Å². The highest BCUT2D eigenvalue weighted by Crippen LogP contribution is 2.36. The van der Waals surface area contributed by atoms with Crippen molar-refractivity contribution in [2.24, 2.45) is 18.1 Å². The third-order valence-corrected chi connectivity index (χ3v) is 7.31. The third kappa shape index (κ3) is 5.63. The molecule has 2 aromatic heterocycles. The molecule has 39 heavy (non-hydrogen) atoms. The molecule has 3 aromatic rings. The van der Waals surface area contributed by atoms with Gasteiger partial charge in [0.1, 0.15) is 40.3 Å². The molecule has 1 fully saturated rings. The summed E-state index contributed by atoms with van der Waals surface area (Å²) in [5, 5.41) is 23.9. The highest BCUT2D eigenvalue weighted by atomic mass is 19.1. The van der Waals surface area contributed by atoms with Crippen LogP contribution in [0.3, 0.4) is 0 Å². The number of benzene rings is 1. The van der Waals surface area contributed by atoms with E-state index in [1.165, 1.54) is 16.7 Å². The maximum Gasteiger partial charge on any atom is 0.270 e. The Kier molecular flexibility index (Phi) is 7.74. The number of nitrogens with zero attached hydrogens (tertiary/aromatic N) is 6. The number of rotatable bonds is 5. The molecule has 0 bridgehead atoms. The zero-order valence-corrected chi connectivity index (χ0v) is 23.2. The quantitative estimate of drug-likeness (QED) is 0.327. The third-order valence-electron chi connectivity index (χ3n) is 7.31. The number of fused-ring (bicyclic) bond motifs is 1. The van der Waals surface area contributed by atoms with Crippen molar-refractivity contribution in [2.45, 2.75) is 65.0 Å². The Hall–Kier alpha value is -4.24. The second kappa shape index (κ2) is 10.9. The molecule has 8 nitrogen and oxygen atoms in total. The highest BCUT2D eigenvalue weighted by molar-refractivity contribution is 6.03. The number of aryl methyl sites for hydroxylation is 2. The molecule has 9 heteroatoms. The topological polar surface area (TPSA) is 107 Å².